The topological polar surface area (TPSA) is 49.7 Å². The third-order valence-corrected chi connectivity index (χ3v) is 4.77. The van der Waals surface area contributed by atoms with Crippen molar-refractivity contribution in [1.29, 1.82) is 0 Å². The molecule has 1 heterocycles. The minimum atomic E-state index is -0.368. The van der Waals surface area contributed by atoms with Crippen LogP contribution in [0.5, 0.6) is 11.5 Å². The molecule has 28 heavy (non-hydrogen) atoms. The summed E-state index contributed by atoms with van der Waals surface area (Å²) in [7, 11) is 0. The lowest BCUT2D eigenvalue weighted by Gasteiger charge is -2.10. The summed E-state index contributed by atoms with van der Waals surface area (Å²) in [5, 5.41) is 1.87. The summed E-state index contributed by atoms with van der Waals surface area (Å²) in [6, 6.07) is 13.5. The van der Waals surface area contributed by atoms with Gasteiger partial charge in [0.15, 0.2) is 6.61 Å². The molecule has 0 radical (unpaired) electrons. The van der Waals surface area contributed by atoms with Gasteiger partial charge in [-0.05, 0) is 67.6 Å². The van der Waals surface area contributed by atoms with Crippen LogP contribution in [0.15, 0.2) is 48.7 Å². The molecule has 0 aliphatic heterocycles. The van der Waals surface area contributed by atoms with Crippen molar-refractivity contribution in [3.05, 3.63) is 59.2 Å². The number of hydrogen-bond donors (Lipinski definition) is 0. The summed E-state index contributed by atoms with van der Waals surface area (Å²) in [5.74, 6) is 1.11. The van der Waals surface area contributed by atoms with Crippen LogP contribution in [0.1, 0.15) is 18.9 Å². The molecule has 0 bridgehead atoms. The van der Waals surface area contributed by atoms with Crippen molar-refractivity contribution < 1.29 is 19.0 Å². The number of aromatic nitrogens is 1. The van der Waals surface area contributed by atoms with E-state index in [-0.39, 0.29) is 12.6 Å². The molecule has 3 rings (SSSR count). The molecule has 0 atom stereocenters. The monoisotopic (exact) mass is 401 g/mol. The summed E-state index contributed by atoms with van der Waals surface area (Å²) in [6.45, 7) is 5.42. The number of halogens is 1. The average Bonchev–Trinajstić information content (AvgIpc) is 3.09. The van der Waals surface area contributed by atoms with E-state index < -0.39 is 0 Å². The molecule has 0 unspecified atom stereocenters. The Balaban J connectivity index is 1.56. The van der Waals surface area contributed by atoms with Gasteiger partial charge in [0.25, 0.3) is 0 Å². The van der Waals surface area contributed by atoms with Crippen molar-refractivity contribution in [1.82, 2.24) is 4.57 Å². The van der Waals surface area contributed by atoms with Crippen LogP contribution in [0.4, 0.5) is 0 Å². The second kappa shape index (κ2) is 9.51. The summed E-state index contributed by atoms with van der Waals surface area (Å²) < 4.78 is 18.4. The number of carbonyl (C=O) groups excluding carboxylic acids is 1. The molecule has 2 aromatic carbocycles. The van der Waals surface area contributed by atoms with Gasteiger partial charge >= 0.3 is 5.97 Å². The Labute approximate surface area is 169 Å². The van der Waals surface area contributed by atoms with Crippen molar-refractivity contribution >= 4 is 28.5 Å². The highest BCUT2D eigenvalue weighted by molar-refractivity contribution is 6.31. The van der Waals surface area contributed by atoms with E-state index in [1.54, 1.807) is 6.92 Å². The van der Waals surface area contributed by atoms with Crippen LogP contribution in [-0.2, 0) is 16.1 Å². The summed E-state index contributed by atoms with van der Waals surface area (Å²) in [5.41, 5.74) is 2.06. The van der Waals surface area contributed by atoms with Crippen molar-refractivity contribution in [3.63, 3.8) is 0 Å². The van der Waals surface area contributed by atoms with Crippen molar-refractivity contribution in [3.8, 4) is 11.5 Å². The Morgan fingerprint density at radius 2 is 1.86 bits per heavy atom. The Kier molecular flexibility index (Phi) is 6.82. The number of aryl methyl sites for hydroxylation is 2. The normalized spacial score (nSPS) is 10.8. The van der Waals surface area contributed by atoms with Crippen LogP contribution in [0.3, 0.4) is 0 Å². The predicted octanol–water partition coefficient (Wildman–Crippen LogP) is 5.01. The number of rotatable bonds is 9. The lowest BCUT2D eigenvalue weighted by atomic mass is 10.2. The smallest absolute Gasteiger partial charge is 0.344 e. The SMILES string of the molecule is CCOC(=O)COc1ccc2ccn(CCCOc3ccc(Cl)c(C)c3)c2c1. The molecular weight excluding hydrogens is 378 g/mol. The number of carbonyl (C=O) groups is 1. The van der Waals surface area contributed by atoms with E-state index >= 15 is 0 Å². The number of hydrogen-bond acceptors (Lipinski definition) is 4. The van der Waals surface area contributed by atoms with E-state index in [2.05, 4.69) is 10.6 Å². The zero-order chi connectivity index (χ0) is 19.9. The van der Waals surface area contributed by atoms with Crippen LogP contribution in [0, 0.1) is 6.92 Å². The highest BCUT2D eigenvalue weighted by atomic mass is 35.5. The minimum absolute atomic E-state index is 0.0889. The van der Waals surface area contributed by atoms with Gasteiger partial charge in [-0.2, -0.15) is 0 Å². The second-order valence-electron chi connectivity index (χ2n) is 6.44. The Hall–Kier alpha value is -2.66. The van der Waals surface area contributed by atoms with Crippen LogP contribution in [0.25, 0.3) is 10.9 Å². The first-order valence-electron chi connectivity index (χ1n) is 9.33. The molecule has 0 amide bonds. The van der Waals surface area contributed by atoms with Gasteiger partial charge in [-0.1, -0.05) is 11.6 Å². The quantitative estimate of drug-likeness (QED) is 0.373. The van der Waals surface area contributed by atoms with Crippen molar-refractivity contribution in [2.24, 2.45) is 0 Å². The minimum Gasteiger partial charge on any atom is -0.494 e. The molecule has 0 saturated carbocycles. The van der Waals surface area contributed by atoms with Gasteiger partial charge in [-0.3, -0.25) is 0 Å². The van der Waals surface area contributed by atoms with Gasteiger partial charge in [-0.25, -0.2) is 4.79 Å². The number of ether oxygens (including phenoxy) is 3. The van der Waals surface area contributed by atoms with Crippen molar-refractivity contribution in [2.75, 3.05) is 19.8 Å². The molecule has 0 saturated heterocycles. The van der Waals surface area contributed by atoms with Gasteiger partial charge < -0.3 is 18.8 Å². The first-order valence-corrected chi connectivity index (χ1v) is 9.71. The van der Waals surface area contributed by atoms with E-state index in [0.717, 1.165) is 40.2 Å². The third-order valence-electron chi connectivity index (χ3n) is 4.35. The predicted molar refractivity (Wildman–Crippen MR) is 110 cm³/mol. The largest absolute Gasteiger partial charge is 0.494 e. The number of fused-ring (bicyclic) bond motifs is 1. The zero-order valence-electron chi connectivity index (χ0n) is 16.1. The van der Waals surface area contributed by atoms with Gasteiger partial charge in [0.1, 0.15) is 11.5 Å². The highest BCUT2D eigenvalue weighted by Gasteiger charge is 2.07. The first-order chi connectivity index (χ1) is 13.6. The van der Waals surface area contributed by atoms with E-state index in [0.29, 0.717) is 19.0 Å². The molecule has 1 aromatic heterocycles. The maximum atomic E-state index is 11.5. The molecule has 0 fully saturated rings. The van der Waals surface area contributed by atoms with Crippen LogP contribution in [0.2, 0.25) is 5.02 Å². The van der Waals surface area contributed by atoms with Gasteiger partial charge in [0.05, 0.1) is 18.7 Å². The molecule has 6 heteroatoms. The molecule has 3 aromatic rings. The summed E-state index contributed by atoms with van der Waals surface area (Å²) in [6.07, 6.45) is 2.91. The van der Waals surface area contributed by atoms with Gasteiger partial charge in [-0.15, -0.1) is 0 Å². The fourth-order valence-corrected chi connectivity index (χ4v) is 3.04. The second-order valence-corrected chi connectivity index (χ2v) is 6.84. The van der Waals surface area contributed by atoms with E-state index in [9.17, 15) is 4.79 Å². The van der Waals surface area contributed by atoms with Crippen LogP contribution >= 0.6 is 11.6 Å². The Bertz CT molecular complexity index is 951. The maximum absolute atomic E-state index is 11.5. The maximum Gasteiger partial charge on any atom is 0.344 e. The van der Waals surface area contributed by atoms with Crippen LogP contribution in [-0.4, -0.2) is 30.4 Å². The Morgan fingerprint density at radius 3 is 2.64 bits per heavy atom. The average molecular weight is 402 g/mol. The molecule has 0 aliphatic rings. The first kappa shape index (κ1) is 20.1. The lowest BCUT2D eigenvalue weighted by molar-refractivity contribution is -0.145. The molecule has 148 valence electrons. The fourth-order valence-electron chi connectivity index (χ4n) is 2.93. The van der Waals surface area contributed by atoms with E-state index in [1.807, 2.05) is 49.5 Å². The lowest BCUT2D eigenvalue weighted by Crippen LogP contribution is -2.14. The standard InChI is InChI=1S/C22H24ClNO4/c1-3-26-22(25)15-28-19-6-5-17-9-11-24(21(17)14-19)10-4-12-27-18-7-8-20(23)16(2)13-18/h5-9,11,13-14H,3-4,10,12,15H2,1-2H3. The number of benzene rings is 2. The number of nitrogens with zero attached hydrogens (tertiary/aromatic N) is 1. The van der Waals surface area contributed by atoms with E-state index in [4.69, 9.17) is 25.8 Å². The fraction of sp³-hybridized carbons (Fsp3) is 0.318. The summed E-state index contributed by atoms with van der Waals surface area (Å²) in [4.78, 5) is 11.5. The van der Waals surface area contributed by atoms with Gasteiger partial charge in [0, 0.05) is 23.8 Å². The molecule has 0 spiro atoms. The highest BCUT2D eigenvalue weighted by Crippen LogP contribution is 2.23. The zero-order valence-corrected chi connectivity index (χ0v) is 16.9. The summed E-state index contributed by atoms with van der Waals surface area (Å²) >= 11 is 6.04. The molecular formula is C22H24ClNO4. The Morgan fingerprint density at radius 1 is 1.07 bits per heavy atom. The van der Waals surface area contributed by atoms with Crippen molar-refractivity contribution in [2.45, 2.75) is 26.8 Å². The third kappa shape index (κ3) is 5.20. The van der Waals surface area contributed by atoms with Crippen LogP contribution < -0.4 is 9.47 Å². The van der Waals surface area contributed by atoms with Gasteiger partial charge in [0.2, 0.25) is 0 Å². The number of esters is 1. The van der Waals surface area contributed by atoms with E-state index in [1.165, 1.54) is 0 Å². The molecule has 0 aliphatic carbocycles. The molecule has 5 nitrogen and oxygen atoms in total. The molecule has 0 N–H and O–H groups in total.